The van der Waals surface area contributed by atoms with Crippen molar-refractivity contribution in [1.29, 1.82) is 0 Å². The van der Waals surface area contributed by atoms with E-state index < -0.39 is 0 Å². The van der Waals surface area contributed by atoms with Crippen LogP contribution in [0.5, 0.6) is 0 Å². The summed E-state index contributed by atoms with van der Waals surface area (Å²) in [5.41, 5.74) is 9.95. The summed E-state index contributed by atoms with van der Waals surface area (Å²) in [7, 11) is 0. The van der Waals surface area contributed by atoms with Gasteiger partial charge >= 0.3 is 0 Å². The van der Waals surface area contributed by atoms with Crippen LogP contribution in [-0.4, -0.2) is 54.0 Å². The molecule has 10 nitrogen and oxygen atoms in total. The maximum atomic E-state index is 6.16. The van der Waals surface area contributed by atoms with E-state index in [-0.39, 0.29) is 6.04 Å². The smallest absolute Gasteiger partial charge is 0.156 e. The normalized spacial score (nSPS) is 16.1. The van der Waals surface area contributed by atoms with Crippen LogP contribution in [0.3, 0.4) is 0 Å². The fourth-order valence-corrected chi connectivity index (χ4v) is 3.67. The number of hydrogen-bond donors (Lipinski definition) is 2. The molecule has 31 heavy (non-hydrogen) atoms. The third-order valence-corrected chi connectivity index (χ3v) is 5.29. The van der Waals surface area contributed by atoms with Crippen LogP contribution in [0.1, 0.15) is 24.9 Å². The predicted molar refractivity (Wildman–Crippen MR) is 117 cm³/mol. The van der Waals surface area contributed by atoms with E-state index in [1.165, 1.54) is 0 Å². The first-order chi connectivity index (χ1) is 15.1. The lowest BCUT2D eigenvalue weighted by Gasteiger charge is -2.16. The number of nitrogens with one attached hydrogen (secondary N) is 1. The lowest BCUT2D eigenvalue weighted by molar-refractivity contribution is 0.195. The lowest BCUT2D eigenvalue weighted by Crippen LogP contribution is -2.21. The number of rotatable bonds is 5. The van der Waals surface area contributed by atoms with Gasteiger partial charge in [-0.3, -0.25) is 0 Å². The van der Waals surface area contributed by atoms with Gasteiger partial charge in [0.2, 0.25) is 0 Å². The van der Waals surface area contributed by atoms with Crippen LogP contribution in [0.15, 0.2) is 30.9 Å². The van der Waals surface area contributed by atoms with Crippen molar-refractivity contribution < 1.29 is 4.74 Å². The molecule has 1 fully saturated rings. The molecule has 0 saturated carbocycles. The predicted octanol–water partition coefficient (Wildman–Crippen LogP) is 2.32. The Balaban J connectivity index is 1.61. The molecule has 1 atom stereocenters. The third-order valence-electron chi connectivity index (χ3n) is 5.29. The maximum Gasteiger partial charge on any atom is 0.156 e. The van der Waals surface area contributed by atoms with E-state index in [9.17, 15) is 0 Å². The zero-order valence-electron chi connectivity index (χ0n) is 17.4. The van der Waals surface area contributed by atoms with Gasteiger partial charge in [0.25, 0.3) is 0 Å². The lowest BCUT2D eigenvalue weighted by atomic mass is 10.1. The molecule has 0 aliphatic carbocycles. The Morgan fingerprint density at radius 1 is 1.19 bits per heavy atom. The molecule has 0 aromatic carbocycles. The van der Waals surface area contributed by atoms with Gasteiger partial charge in [-0.1, -0.05) is 6.92 Å². The van der Waals surface area contributed by atoms with Gasteiger partial charge < -0.3 is 15.8 Å². The van der Waals surface area contributed by atoms with Crippen LogP contribution in [0.4, 0.5) is 11.6 Å². The van der Waals surface area contributed by atoms with Gasteiger partial charge in [0, 0.05) is 42.4 Å². The molecule has 0 bridgehead atoms. The van der Waals surface area contributed by atoms with Crippen LogP contribution in [-0.2, 0) is 11.2 Å². The molecule has 1 saturated heterocycles. The minimum atomic E-state index is 0.225. The topological polar surface area (TPSA) is 130 Å². The van der Waals surface area contributed by atoms with Crippen molar-refractivity contribution in [3.05, 3.63) is 42.4 Å². The van der Waals surface area contributed by atoms with Crippen LogP contribution in [0, 0.1) is 6.92 Å². The van der Waals surface area contributed by atoms with Gasteiger partial charge in [0.15, 0.2) is 11.6 Å². The number of aromatic nitrogens is 7. The Labute approximate surface area is 178 Å². The summed E-state index contributed by atoms with van der Waals surface area (Å²) in [4.78, 5) is 22.7. The number of pyridine rings is 1. The minimum Gasteiger partial charge on any atom is -0.382 e. The average molecular weight is 417 g/mol. The van der Waals surface area contributed by atoms with Crippen molar-refractivity contribution in [3.63, 3.8) is 0 Å². The number of fused-ring (bicyclic) bond motifs is 1. The summed E-state index contributed by atoms with van der Waals surface area (Å²) in [6, 6.07) is 2.03. The Morgan fingerprint density at radius 2 is 2.10 bits per heavy atom. The van der Waals surface area contributed by atoms with E-state index in [2.05, 4.69) is 25.4 Å². The number of hydrogen-bond acceptors (Lipinski definition) is 9. The highest BCUT2D eigenvalue weighted by Crippen LogP contribution is 2.31. The summed E-state index contributed by atoms with van der Waals surface area (Å²) in [5.74, 6) is 2.49. The molecule has 5 heterocycles. The molecule has 1 aliphatic heterocycles. The molecule has 5 rings (SSSR count). The molecule has 1 aliphatic rings. The van der Waals surface area contributed by atoms with Crippen molar-refractivity contribution in [1.82, 2.24) is 34.7 Å². The number of nitrogens with two attached hydrogens (primary N) is 1. The van der Waals surface area contributed by atoms with Crippen LogP contribution < -0.4 is 11.1 Å². The van der Waals surface area contributed by atoms with E-state index in [1.54, 1.807) is 23.3 Å². The number of nitrogens with zero attached hydrogens (tertiary/aromatic N) is 7. The van der Waals surface area contributed by atoms with E-state index >= 15 is 0 Å². The van der Waals surface area contributed by atoms with Crippen molar-refractivity contribution in [2.75, 3.05) is 24.3 Å². The molecule has 3 N–H and O–H groups in total. The van der Waals surface area contributed by atoms with Gasteiger partial charge in [0.1, 0.15) is 22.7 Å². The SMILES string of the molecule is CCc1nc2c(N)ncc(-c3cnn(-c4ccnc(C)n4)c3)c2nc1N[C@H]1CCOC1. The standard InChI is InChI=1S/C21H23N9O/c1-3-16-21(27-14-5-7-31-11-14)29-18-15(9-24-20(22)19(18)28-16)13-8-25-30(10-13)17-4-6-23-12(2)26-17/h4,6,8-10,14H,3,5,7,11H2,1-2H3,(H2,22,24)(H,27,29)/t14-/m0/s1. The van der Waals surface area contributed by atoms with Gasteiger partial charge in [0.05, 0.1) is 24.5 Å². The van der Waals surface area contributed by atoms with Crippen molar-refractivity contribution >= 4 is 22.7 Å². The molecular weight excluding hydrogens is 394 g/mol. The molecule has 4 aromatic rings. The van der Waals surface area contributed by atoms with Crippen molar-refractivity contribution in [2.45, 2.75) is 32.7 Å². The van der Waals surface area contributed by atoms with E-state index in [0.717, 1.165) is 42.1 Å². The summed E-state index contributed by atoms with van der Waals surface area (Å²) < 4.78 is 7.20. The largest absolute Gasteiger partial charge is 0.382 e. The quantitative estimate of drug-likeness (QED) is 0.502. The van der Waals surface area contributed by atoms with Crippen LogP contribution in [0.25, 0.3) is 28.0 Å². The molecule has 158 valence electrons. The second-order valence-corrected chi connectivity index (χ2v) is 7.47. The molecule has 4 aromatic heterocycles. The number of anilines is 2. The fourth-order valence-electron chi connectivity index (χ4n) is 3.67. The molecule has 0 amide bonds. The number of nitrogen functional groups attached to an aromatic ring is 1. The summed E-state index contributed by atoms with van der Waals surface area (Å²) in [6.45, 7) is 5.31. The second-order valence-electron chi connectivity index (χ2n) is 7.47. The highest BCUT2D eigenvalue weighted by atomic mass is 16.5. The summed E-state index contributed by atoms with van der Waals surface area (Å²) >= 11 is 0. The second kappa shape index (κ2) is 7.88. The summed E-state index contributed by atoms with van der Waals surface area (Å²) in [5, 5.41) is 7.95. The van der Waals surface area contributed by atoms with Crippen molar-refractivity contribution in [3.8, 4) is 16.9 Å². The van der Waals surface area contributed by atoms with E-state index in [0.29, 0.717) is 35.1 Å². The van der Waals surface area contributed by atoms with E-state index in [1.807, 2.05) is 26.1 Å². The number of aryl methyl sites for hydroxylation is 2. The first kappa shape index (κ1) is 19.3. The first-order valence-corrected chi connectivity index (χ1v) is 10.3. The Morgan fingerprint density at radius 3 is 2.87 bits per heavy atom. The minimum absolute atomic E-state index is 0.225. The van der Waals surface area contributed by atoms with Crippen molar-refractivity contribution in [2.24, 2.45) is 0 Å². The zero-order chi connectivity index (χ0) is 21.4. The Hall–Kier alpha value is -3.66. The van der Waals surface area contributed by atoms with Gasteiger partial charge in [-0.05, 0) is 19.8 Å². The average Bonchev–Trinajstić information content (AvgIpc) is 3.46. The van der Waals surface area contributed by atoms with Crippen LogP contribution in [0.2, 0.25) is 0 Å². The molecule has 0 unspecified atom stereocenters. The first-order valence-electron chi connectivity index (χ1n) is 10.3. The van der Waals surface area contributed by atoms with Crippen LogP contribution >= 0.6 is 0 Å². The maximum absolute atomic E-state index is 6.16. The van der Waals surface area contributed by atoms with Gasteiger partial charge in [-0.2, -0.15) is 5.10 Å². The molecular formula is C21H23N9O. The molecule has 0 radical (unpaired) electrons. The Kier molecular flexibility index (Phi) is 4.91. The zero-order valence-corrected chi connectivity index (χ0v) is 17.4. The molecule has 0 spiro atoms. The van der Waals surface area contributed by atoms with Gasteiger partial charge in [-0.15, -0.1) is 0 Å². The summed E-state index contributed by atoms with van der Waals surface area (Å²) in [6.07, 6.45) is 8.75. The highest BCUT2D eigenvalue weighted by Gasteiger charge is 2.20. The third kappa shape index (κ3) is 3.66. The monoisotopic (exact) mass is 417 g/mol. The number of ether oxygens (including phenoxy) is 1. The fraction of sp³-hybridized carbons (Fsp3) is 0.333. The van der Waals surface area contributed by atoms with E-state index in [4.69, 9.17) is 20.4 Å². The Bertz CT molecular complexity index is 1250. The molecule has 10 heteroatoms. The highest BCUT2D eigenvalue weighted by molar-refractivity contribution is 5.96. The van der Waals surface area contributed by atoms with Gasteiger partial charge in [-0.25, -0.2) is 29.6 Å².